The Morgan fingerprint density at radius 1 is 0.600 bits per heavy atom. The predicted octanol–water partition coefficient (Wildman–Crippen LogP) is 12.1. The van der Waals surface area contributed by atoms with Crippen LogP contribution >= 0.6 is 0 Å². The van der Waals surface area contributed by atoms with Gasteiger partial charge in [0.2, 0.25) is 0 Å². The molecule has 292 valence electrons. The summed E-state index contributed by atoms with van der Waals surface area (Å²) in [4.78, 5) is 24.3. The molecule has 0 aromatic carbocycles. The van der Waals surface area contributed by atoms with Gasteiger partial charge in [0.25, 0.3) is 0 Å². The van der Waals surface area contributed by atoms with Crippen LogP contribution in [0, 0.1) is 5.92 Å². The molecule has 0 radical (unpaired) electrons. The maximum absolute atomic E-state index is 12.2. The summed E-state index contributed by atoms with van der Waals surface area (Å²) < 4.78 is 10.5. The van der Waals surface area contributed by atoms with E-state index in [1.807, 2.05) is 12.2 Å². The highest BCUT2D eigenvalue weighted by Gasteiger charge is 2.16. The molecule has 2 N–H and O–H groups in total. The van der Waals surface area contributed by atoms with Crippen LogP contribution in [0.15, 0.2) is 36.5 Å². The number of esters is 2. The molecule has 0 saturated carbocycles. The van der Waals surface area contributed by atoms with Crippen molar-refractivity contribution in [1.29, 1.82) is 0 Å². The number of unbranched alkanes of at least 4 members (excludes halogenated alkanes) is 20. The van der Waals surface area contributed by atoms with E-state index in [1.54, 1.807) is 6.08 Å². The summed E-state index contributed by atoms with van der Waals surface area (Å²) in [5, 5.41) is 19.7. The number of aliphatic hydroxyl groups excluding tert-OH is 2. The molecule has 0 aromatic rings. The van der Waals surface area contributed by atoms with Gasteiger partial charge >= 0.3 is 11.9 Å². The topological polar surface area (TPSA) is 93.1 Å². The van der Waals surface area contributed by atoms with E-state index in [1.165, 1.54) is 122 Å². The quantitative estimate of drug-likeness (QED) is 0.0289. The van der Waals surface area contributed by atoms with Crippen LogP contribution in [-0.2, 0) is 19.1 Å². The minimum Gasteiger partial charge on any atom is -0.462 e. The number of carbonyl (C=O) groups excluding carboxylic acids is 2. The van der Waals surface area contributed by atoms with Gasteiger partial charge in [-0.05, 0) is 44.4 Å². The van der Waals surface area contributed by atoms with Crippen LogP contribution in [0.3, 0.4) is 0 Å². The number of rotatable bonds is 37. The fourth-order valence-electron chi connectivity index (χ4n) is 5.98. The zero-order chi connectivity index (χ0) is 36.8. The molecule has 0 bridgehead atoms. The molecule has 0 rings (SSSR count). The number of allylic oxidation sites excluding steroid dienone is 5. The summed E-state index contributed by atoms with van der Waals surface area (Å²) >= 11 is 0. The van der Waals surface area contributed by atoms with Crippen LogP contribution in [0.4, 0.5) is 0 Å². The van der Waals surface area contributed by atoms with E-state index in [2.05, 4.69) is 39.0 Å². The fraction of sp³-hybridized carbons (Fsp3) is 0.818. The molecular formula is C44H80O6. The molecular weight excluding hydrogens is 624 g/mol. The number of ether oxygens (including phenoxy) is 2. The Morgan fingerprint density at radius 3 is 1.72 bits per heavy atom. The molecule has 6 heteroatoms. The van der Waals surface area contributed by atoms with Gasteiger partial charge in [-0.3, -0.25) is 9.59 Å². The van der Waals surface area contributed by atoms with E-state index >= 15 is 0 Å². The van der Waals surface area contributed by atoms with Crippen molar-refractivity contribution in [3.8, 4) is 0 Å². The minimum absolute atomic E-state index is 0.132. The standard InChI is InChI=1S/C44H80O6/c1-4-5-6-7-8-9-10-14-18-21-24-27-30-34-41(46)35-32-37-44(48)50-42(38-45)39-49-43(47)36-31-28-25-22-19-16-13-11-12-15-17-20-23-26-29-33-40(2)3/h14,18,24,27,30,34,40-42,45-46H,4-13,15-17,19-23,25-26,28-29,31-33,35-39H2,1-3H3/b18-14+,27-24+,34-30+/t41?,42-/m0/s1. The highest BCUT2D eigenvalue weighted by molar-refractivity contribution is 5.70. The van der Waals surface area contributed by atoms with Gasteiger partial charge in [0.15, 0.2) is 6.10 Å². The van der Waals surface area contributed by atoms with Crippen molar-refractivity contribution in [2.24, 2.45) is 5.92 Å². The first-order valence-corrected chi connectivity index (χ1v) is 21.0. The highest BCUT2D eigenvalue weighted by atomic mass is 16.6. The van der Waals surface area contributed by atoms with E-state index in [4.69, 9.17) is 9.47 Å². The summed E-state index contributed by atoms with van der Waals surface area (Å²) in [7, 11) is 0. The smallest absolute Gasteiger partial charge is 0.306 e. The van der Waals surface area contributed by atoms with Gasteiger partial charge in [0, 0.05) is 12.8 Å². The van der Waals surface area contributed by atoms with Crippen LogP contribution in [0.25, 0.3) is 0 Å². The van der Waals surface area contributed by atoms with Crippen molar-refractivity contribution >= 4 is 11.9 Å². The first-order valence-electron chi connectivity index (χ1n) is 21.0. The Kier molecular flexibility index (Phi) is 36.8. The van der Waals surface area contributed by atoms with Gasteiger partial charge in [0.1, 0.15) is 6.61 Å². The molecule has 50 heavy (non-hydrogen) atoms. The second kappa shape index (κ2) is 38.3. The maximum atomic E-state index is 12.2. The second-order valence-corrected chi connectivity index (χ2v) is 14.7. The largest absolute Gasteiger partial charge is 0.462 e. The van der Waals surface area contributed by atoms with E-state index in [-0.39, 0.29) is 19.0 Å². The van der Waals surface area contributed by atoms with E-state index < -0.39 is 24.8 Å². The maximum Gasteiger partial charge on any atom is 0.306 e. The Labute approximate surface area is 309 Å². The third-order valence-corrected chi connectivity index (χ3v) is 9.22. The Hall–Kier alpha value is -1.92. The van der Waals surface area contributed by atoms with Crippen molar-refractivity contribution in [2.45, 2.75) is 213 Å². The molecule has 0 aromatic heterocycles. The summed E-state index contributed by atoms with van der Waals surface area (Å²) in [6.45, 7) is 6.34. The van der Waals surface area contributed by atoms with Crippen LogP contribution in [-0.4, -0.2) is 47.6 Å². The summed E-state index contributed by atoms with van der Waals surface area (Å²) in [6, 6.07) is 0. The first kappa shape index (κ1) is 48.1. The molecule has 2 atom stereocenters. The number of hydrogen-bond acceptors (Lipinski definition) is 6. The SMILES string of the molecule is CCCCCCCC/C=C/C/C=C/C=C/C(O)CCCC(=O)O[C@@H](CO)COC(=O)CCCCCCCCCCCCCCCCCC(C)C. The first-order chi connectivity index (χ1) is 24.4. The molecule has 0 spiro atoms. The zero-order valence-electron chi connectivity index (χ0n) is 32.9. The Bertz CT molecular complexity index is 832. The van der Waals surface area contributed by atoms with Crippen molar-refractivity contribution in [3.63, 3.8) is 0 Å². The monoisotopic (exact) mass is 705 g/mol. The average Bonchev–Trinajstić information content (AvgIpc) is 3.09. The number of carbonyl (C=O) groups is 2. The second-order valence-electron chi connectivity index (χ2n) is 14.7. The van der Waals surface area contributed by atoms with Gasteiger partial charge in [-0.25, -0.2) is 0 Å². The van der Waals surface area contributed by atoms with Crippen LogP contribution in [0.2, 0.25) is 0 Å². The Morgan fingerprint density at radius 2 is 1.14 bits per heavy atom. The van der Waals surface area contributed by atoms with E-state index in [0.29, 0.717) is 19.3 Å². The molecule has 1 unspecified atom stereocenters. The summed E-state index contributed by atoms with van der Waals surface area (Å²) in [5.74, 6) is 0.0645. The molecule has 0 fully saturated rings. The van der Waals surface area contributed by atoms with Crippen LogP contribution < -0.4 is 0 Å². The van der Waals surface area contributed by atoms with Gasteiger partial charge < -0.3 is 19.7 Å². The number of hydrogen-bond donors (Lipinski definition) is 2. The number of aliphatic hydroxyl groups is 2. The lowest BCUT2D eigenvalue weighted by Crippen LogP contribution is -2.28. The van der Waals surface area contributed by atoms with Crippen LogP contribution in [0.5, 0.6) is 0 Å². The molecule has 0 heterocycles. The zero-order valence-corrected chi connectivity index (χ0v) is 32.9. The average molecular weight is 705 g/mol. The fourth-order valence-corrected chi connectivity index (χ4v) is 5.98. The third kappa shape index (κ3) is 37.3. The van der Waals surface area contributed by atoms with Crippen LogP contribution in [0.1, 0.15) is 201 Å². The van der Waals surface area contributed by atoms with E-state index in [0.717, 1.165) is 38.0 Å². The molecule has 0 saturated heterocycles. The normalized spacial score (nSPS) is 13.2. The van der Waals surface area contributed by atoms with E-state index in [9.17, 15) is 19.8 Å². The van der Waals surface area contributed by atoms with Crippen molar-refractivity contribution < 1.29 is 29.3 Å². The van der Waals surface area contributed by atoms with Gasteiger partial charge in [0.05, 0.1) is 12.7 Å². The summed E-state index contributed by atoms with van der Waals surface area (Å²) in [6.07, 6.45) is 42.4. The van der Waals surface area contributed by atoms with Gasteiger partial charge in [-0.2, -0.15) is 0 Å². The lowest BCUT2D eigenvalue weighted by molar-refractivity contribution is -0.161. The minimum atomic E-state index is -0.860. The molecule has 0 aliphatic rings. The highest BCUT2D eigenvalue weighted by Crippen LogP contribution is 2.15. The lowest BCUT2D eigenvalue weighted by atomic mass is 10.0. The van der Waals surface area contributed by atoms with Gasteiger partial charge in [-0.15, -0.1) is 0 Å². The summed E-state index contributed by atoms with van der Waals surface area (Å²) in [5.41, 5.74) is 0. The Balaban J connectivity index is 3.69. The molecule has 0 aliphatic carbocycles. The third-order valence-electron chi connectivity index (χ3n) is 9.22. The molecule has 0 amide bonds. The molecule has 6 nitrogen and oxygen atoms in total. The lowest BCUT2D eigenvalue weighted by Gasteiger charge is -2.16. The molecule has 0 aliphatic heterocycles. The van der Waals surface area contributed by atoms with Gasteiger partial charge in [-0.1, -0.05) is 186 Å². The van der Waals surface area contributed by atoms with Crippen molar-refractivity contribution in [2.75, 3.05) is 13.2 Å². The predicted molar refractivity (Wildman–Crippen MR) is 211 cm³/mol. The van der Waals surface area contributed by atoms with Crippen molar-refractivity contribution in [3.05, 3.63) is 36.5 Å². The van der Waals surface area contributed by atoms with Crippen molar-refractivity contribution in [1.82, 2.24) is 0 Å².